The second-order valence-corrected chi connectivity index (χ2v) is 5.07. The van der Waals surface area contributed by atoms with Gasteiger partial charge in [-0.05, 0) is 44.4 Å². The Hall–Kier alpha value is -0.860. The third-order valence-electron chi connectivity index (χ3n) is 2.91. The lowest BCUT2D eigenvalue weighted by Gasteiger charge is -2.18. The van der Waals surface area contributed by atoms with E-state index >= 15 is 0 Å². The molecule has 0 radical (unpaired) electrons. The van der Waals surface area contributed by atoms with Gasteiger partial charge < -0.3 is 5.32 Å². The van der Waals surface area contributed by atoms with Crippen LogP contribution < -0.4 is 5.32 Å². The molecule has 0 bridgehead atoms. The molecule has 0 spiro atoms. The Morgan fingerprint density at radius 3 is 2.83 bits per heavy atom. The molecule has 0 aliphatic heterocycles. The molecular formula is C15H21ClFN. The van der Waals surface area contributed by atoms with Gasteiger partial charge in [-0.1, -0.05) is 36.2 Å². The molecule has 1 aromatic rings. The largest absolute Gasteiger partial charge is 0.314 e. The van der Waals surface area contributed by atoms with Crippen LogP contribution >= 0.6 is 11.6 Å². The summed E-state index contributed by atoms with van der Waals surface area (Å²) in [6.45, 7) is 8.86. The third-order valence-corrected chi connectivity index (χ3v) is 3.20. The van der Waals surface area contributed by atoms with Gasteiger partial charge in [0, 0.05) is 6.04 Å². The normalized spacial score (nSPS) is 12.4. The average Bonchev–Trinajstić information content (AvgIpc) is 2.32. The zero-order valence-corrected chi connectivity index (χ0v) is 11.9. The van der Waals surface area contributed by atoms with Crippen molar-refractivity contribution in [3.05, 3.63) is 46.8 Å². The van der Waals surface area contributed by atoms with Crippen molar-refractivity contribution in [1.29, 1.82) is 0 Å². The molecule has 0 fully saturated rings. The molecule has 0 heterocycles. The van der Waals surface area contributed by atoms with Crippen molar-refractivity contribution < 1.29 is 4.39 Å². The molecule has 1 aromatic carbocycles. The molecule has 0 aliphatic rings. The molecule has 0 amide bonds. The van der Waals surface area contributed by atoms with E-state index in [9.17, 15) is 4.39 Å². The van der Waals surface area contributed by atoms with Crippen LogP contribution in [0.25, 0.3) is 0 Å². The van der Waals surface area contributed by atoms with Crippen LogP contribution in [0.2, 0.25) is 5.02 Å². The summed E-state index contributed by atoms with van der Waals surface area (Å²) >= 11 is 5.79. The fraction of sp³-hybridized carbons (Fsp3) is 0.467. The number of benzene rings is 1. The SMILES string of the molecule is C=C(C)CCC(Cc1cccc(Cl)c1F)NCC. The number of hydrogen-bond donors (Lipinski definition) is 1. The van der Waals surface area contributed by atoms with E-state index in [4.69, 9.17) is 11.6 Å². The van der Waals surface area contributed by atoms with Gasteiger partial charge in [0.05, 0.1) is 5.02 Å². The van der Waals surface area contributed by atoms with Crippen molar-refractivity contribution in [2.45, 2.75) is 39.2 Å². The van der Waals surface area contributed by atoms with E-state index in [-0.39, 0.29) is 16.9 Å². The Morgan fingerprint density at radius 1 is 1.50 bits per heavy atom. The molecule has 1 nitrogen and oxygen atoms in total. The highest BCUT2D eigenvalue weighted by Gasteiger charge is 2.13. The van der Waals surface area contributed by atoms with Crippen LogP contribution in [0.1, 0.15) is 32.3 Å². The summed E-state index contributed by atoms with van der Waals surface area (Å²) < 4.78 is 13.8. The first kappa shape index (κ1) is 15.2. The molecule has 100 valence electrons. The zero-order chi connectivity index (χ0) is 13.5. The number of halogens is 2. The van der Waals surface area contributed by atoms with Gasteiger partial charge in [0.25, 0.3) is 0 Å². The molecule has 0 saturated heterocycles. The van der Waals surface area contributed by atoms with Crippen LogP contribution in [0.4, 0.5) is 4.39 Å². The zero-order valence-electron chi connectivity index (χ0n) is 11.1. The van der Waals surface area contributed by atoms with Crippen LogP contribution in [-0.2, 0) is 6.42 Å². The molecular weight excluding hydrogens is 249 g/mol. The number of hydrogen-bond acceptors (Lipinski definition) is 1. The van der Waals surface area contributed by atoms with Gasteiger partial charge in [-0.2, -0.15) is 0 Å². The summed E-state index contributed by atoms with van der Waals surface area (Å²) in [6.07, 6.45) is 2.59. The van der Waals surface area contributed by atoms with E-state index in [0.29, 0.717) is 12.0 Å². The van der Waals surface area contributed by atoms with Gasteiger partial charge in [0.2, 0.25) is 0 Å². The topological polar surface area (TPSA) is 12.0 Å². The predicted octanol–water partition coefficient (Wildman–Crippen LogP) is 4.36. The van der Waals surface area contributed by atoms with Crippen molar-refractivity contribution in [2.24, 2.45) is 0 Å². The number of likely N-dealkylation sites (N-methyl/N-ethyl adjacent to an activating group) is 1. The highest BCUT2D eigenvalue weighted by atomic mass is 35.5. The quantitative estimate of drug-likeness (QED) is 0.726. The van der Waals surface area contributed by atoms with Gasteiger partial charge in [-0.15, -0.1) is 6.58 Å². The van der Waals surface area contributed by atoms with Crippen LogP contribution in [0.3, 0.4) is 0 Å². The molecule has 3 heteroatoms. The first-order valence-electron chi connectivity index (χ1n) is 6.35. The molecule has 1 N–H and O–H groups in total. The minimum atomic E-state index is -0.294. The standard InChI is InChI=1S/C15H21ClFN/c1-4-18-13(9-8-11(2)3)10-12-6-5-7-14(16)15(12)17/h5-7,13,18H,2,4,8-10H2,1,3H3. The van der Waals surface area contributed by atoms with Crippen molar-refractivity contribution >= 4 is 11.6 Å². The van der Waals surface area contributed by atoms with E-state index in [1.165, 1.54) is 0 Å². The van der Waals surface area contributed by atoms with Crippen LogP contribution in [0.15, 0.2) is 30.4 Å². The lowest BCUT2D eigenvalue weighted by molar-refractivity contribution is 0.479. The van der Waals surface area contributed by atoms with Gasteiger partial charge in [-0.25, -0.2) is 4.39 Å². The predicted molar refractivity (Wildman–Crippen MR) is 76.6 cm³/mol. The molecule has 0 aliphatic carbocycles. The maximum absolute atomic E-state index is 13.8. The summed E-state index contributed by atoms with van der Waals surface area (Å²) in [6, 6.07) is 5.44. The Morgan fingerprint density at radius 2 is 2.22 bits per heavy atom. The molecule has 1 rings (SSSR count). The van der Waals surface area contributed by atoms with Crippen LogP contribution in [-0.4, -0.2) is 12.6 Å². The van der Waals surface area contributed by atoms with Crippen molar-refractivity contribution in [3.8, 4) is 0 Å². The maximum Gasteiger partial charge on any atom is 0.145 e. The van der Waals surface area contributed by atoms with E-state index in [1.54, 1.807) is 18.2 Å². The molecule has 0 aromatic heterocycles. The van der Waals surface area contributed by atoms with Crippen LogP contribution in [0, 0.1) is 5.82 Å². The van der Waals surface area contributed by atoms with Gasteiger partial charge in [0.1, 0.15) is 5.82 Å². The lowest BCUT2D eigenvalue weighted by atomic mass is 9.99. The number of rotatable bonds is 7. The third kappa shape index (κ3) is 4.79. The second-order valence-electron chi connectivity index (χ2n) is 4.67. The summed E-state index contributed by atoms with van der Waals surface area (Å²) in [5.74, 6) is -0.294. The first-order chi connectivity index (χ1) is 8.54. The Kier molecular flexibility index (Phi) is 6.37. The Balaban J connectivity index is 2.70. The first-order valence-corrected chi connectivity index (χ1v) is 6.73. The van der Waals surface area contributed by atoms with E-state index in [0.717, 1.165) is 25.0 Å². The minimum Gasteiger partial charge on any atom is -0.314 e. The Bertz CT molecular complexity index is 403. The molecule has 0 saturated carbocycles. The Labute approximate surface area is 114 Å². The van der Waals surface area contributed by atoms with E-state index in [1.807, 2.05) is 6.92 Å². The summed E-state index contributed by atoms with van der Waals surface area (Å²) in [7, 11) is 0. The number of nitrogens with one attached hydrogen (secondary N) is 1. The highest BCUT2D eigenvalue weighted by molar-refractivity contribution is 6.30. The van der Waals surface area contributed by atoms with Gasteiger partial charge in [-0.3, -0.25) is 0 Å². The summed E-state index contributed by atoms with van der Waals surface area (Å²) in [4.78, 5) is 0. The van der Waals surface area contributed by atoms with Crippen molar-refractivity contribution in [3.63, 3.8) is 0 Å². The van der Waals surface area contributed by atoms with Crippen molar-refractivity contribution in [2.75, 3.05) is 6.54 Å². The second kappa shape index (κ2) is 7.55. The monoisotopic (exact) mass is 269 g/mol. The molecule has 1 atom stereocenters. The lowest BCUT2D eigenvalue weighted by Crippen LogP contribution is -2.31. The van der Waals surface area contributed by atoms with E-state index in [2.05, 4.69) is 18.8 Å². The van der Waals surface area contributed by atoms with Crippen LogP contribution in [0.5, 0.6) is 0 Å². The summed E-state index contributed by atoms with van der Waals surface area (Å²) in [5, 5.41) is 3.58. The van der Waals surface area contributed by atoms with Crippen molar-refractivity contribution in [1.82, 2.24) is 5.32 Å². The number of allylic oxidation sites excluding steroid dienone is 1. The smallest absolute Gasteiger partial charge is 0.145 e. The highest BCUT2D eigenvalue weighted by Crippen LogP contribution is 2.20. The maximum atomic E-state index is 13.8. The minimum absolute atomic E-state index is 0.197. The fourth-order valence-electron chi connectivity index (χ4n) is 1.96. The average molecular weight is 270 g/mol. The molecule has 18 heavy (non-hydrogen) atoms. The fourth-order valence-corrected chi connectivity index (χ4v) is 2.15. The summed E-state index contributed by atoms with van der Waals surface area (Å²) in [5.41, 5.74) is 1.83. The van der Waals surface area contributed by atoms with Gasteiger partial charge >= 0.3 is 0 Å². The van der Waals surface area contributed by atoms with E-state index < -0.39 is 0 Å². The molecule has 1 unspecified atom stereocenters. The van der Waals surface area contributed by atoms with Gasteiger partial charge in [0.15, 0.2) is 0 Å².